The molecule has 138 valence electrons. The number of oxime groups is 1. The Hall–Kier alpha value is -1.89. The van der Waals surface area contributed by atoms with Gasteiger partial charge < -0.3 is 14.7 Å². The van der Waals surface area contributed by atoms with Crippen molar-refractivity contribution in [1.29, 1.82) is 0 Å². The molecule has 1 aliphatic rings. The third-order valence-electron chi connectivity index (χ3n) is 4.88. The molecule has 1 aliphatic heterocycles. The van der Waals surface area contributed by atoms with Crippen molar-refractivity contribution in [2.75, 3.05) is 13.7 Å². The Kier molecular flexibility index (Phi) is 5.65. The summed E-state index contributed by atoms with van der Waals surface area (Å²) in [6.07, 6.45) is 0.569. The maximum absolute atomic E-state index is 14.3. The normalized spacial score (nSPS) is 23.4. The Bertz CT molecular complexity index is 809. The monoisotopic (exact) mass is 375 g/mol. The second kappa shape index (κ2) is 7.78. The van der Waals surface area contributed by atoms with Crippen molar-refractivity contribution in [3.63, 3.8) is 0 Å². The average Bonchev–Trinajstić information content (AvgIpc) is 3.03. The first-order valence-corrected chi connectivity index (χ1v) is 9.25. The van der Waals surface area contributed by atoms with Gasteiger partial charge in [0.15, 0.2) is 0 Å². The molecule has 0 spiro atoms. The fourth-order valence-electron chi connectivity index (χ4n) is 3.31. The highest BCUT2D eigenvalue weighted by atomic mass is 32.2. The van der Waals surface area contributed by atoms with Gasteiger partial charge in [-0.05, 0) is 55.3 Å². The first kappa shape index (κ1) is 18.9. The zero-order valence-electron chi connectivity index (χ0n) is 15.0. The van der Waals surface area contributed by atoms with E-state index in [9.17, 15) is 4.39 Å². The average molecular weight is 375 g/mol. The second-order valence-electron chi connectivity index (χ2n) is 6.34. The van der Waals surface area contributed by atoms with Gasteiger partial charge in [0.25, 0.3) is 0 Å². The maximum atomic E-state index is 14.3. The molecule has 0 saturated carbocycles. The number of hydrogen-bond donors (Lipinski definition) is 1. The van der Waals surface area contributed by atoms with Crippen molar-refractivity contribution >= 4 is 17.5 Å². The van der Waals surface area contributed by atoms with E-state index in [1.54, 1.807) is 14.0 Å². The van der Waals surface area contributed by atoms with E-state index in [-0.39, 0.29) is 11.9 Å². The molecule has 26 heavy (non-hydrogen) atoms. The van der Waals surface area contributed by atoms with Crippen LogP contribution in [0.5, 0.6) is 0 Å². The summed E-state index contributed by atoms with van der Waals surface area (Å²) in [4.78, 5) is 1.77. The summed E-state index contributed by atoms with van der Waals surface area (Å²) >= 11 is 1.47. The van der Waals surface area contributed by atoms with Gasteiger partial charge in [-0.15, -0.1) is 0 Å². The van der Waals surface area contributed by atoms with Gasteiger partial charge in [-0.2, -0.15) is 0 Å². The van der Waals surface area contributed by atoms with Crippen LogP contribution in [0.25, 0.3) is 0 Å². The first-order valence-electron chi connectivity index (χ1n) is 8.43. The lowest BCUT2D eigenvalue weighted by Gasteiger charge is -2.31. The van der Waals surface area contributed by atoms with E-state index in [4.69, 9.17) is 14.7 Å². The van der Waals surface area contributed by atoms with Crippen LogP contribution in [0.15, 0.2) is 57.4 Å². The lowest BCUT2D eigenvalue weighted by Crippen LogP contribution is -2.35. The minimum atomic E-state index is -0.615. The fourth-order valence-corrected chi connectivity index (χ4v) is 4.22. The van der Waals surface area contributed by atoms with Crippen LogP contribution in [0.3, 0.4) is 0 Å². The SMILES string of the molecule is COC1(c2cc(F)cc(Sc3ccc(C(C)=NO)cc3)c2)CCOC1C. The van der Waals surface area contributed by atoms with Crippen molar-refractivity contribution in [2.45, 2.75) is 41.8 Å². The van der Waals surface area contributed by atoms with Crippen LogP contribution in [0.4, 0.5) is 4.39 Å². The first-order chi connectivity index (χ1) is 12.5. The number of ether oxygens (including phenoxy) is 2. The molecule has 2 unspecified atom stereocenters. The van der Waals surface area contributed by atoms with Gasteiger partial charge in [-0.1, -0.05) is 29.1 Å². The van der Waals surface area contributed by atoms with Gasteiger partial charge in [-0.3, -0.25) is 0 Å². The Labute approximate surface area is 157 Å². The summed E-state index contributed by atoms with van der Waals surface area (Å²) in [6.45, 7) is 4.29. The van der Waals surface area contributed by atoms with Crippen LogP contribution in [0, 0.1) is 5.82 Å². The van der Waals surface area contributed by atoms with Crippen LogP contribution in [0.2, 0.25) is 0 Å². The van der Waals surface area contributed by atoms with Crippen molar-refractivity contribution in [1.82, 2.24) is 0 Å². The number of halogens is 1. The molecule has 1 saturated heterocycles. The van der Waals surface area contributed by atoms with E-state index >= 15 is 0 Å². The number of nitrogens with zero attached hydrogens (tertiary/aromatic N) is 1. The summed E-state index contributed by atoms with van der Waals surface area (Å²) in [5.74, 6) is -0.291. The molecule has 1 fully saturated rings. The van der Waals surface area contributed by atoms with E-state index < -0.39 is 5.60 Å². The minimum Gasteiger partial charge on any atom is -0.411 e. The van der Waals surface area contributed by atoms with Crippen molar-refractivity contribution in [2.24, 2.45) is 5.16 Å². The molecule has 3 rings (SSSR count). The van der Waals surface area contributed by atoms with E-state index in [2.05, 4.69) is 5.16 Å². The number of benzene rings is 2. The Balaban J connectivity index is 1.89. The molecule has 2 aromatic rings. The van der Waals surface area contributed by atoms with Gasteiger partial charge in [0.1, 0.15) is 11.4 Å². The fraction of sp³-hybridized carbons (Fsp3) is 0.350. The largest absolute Gasteiger partial charge is 0.411 e. The Morgan fingerprint density at radius 2 is 2.00 bits per heavy atom. The predicted octanol–water partition coefficient (Wildman–Crippen LogP) is 4.83. The molecule has 6 heteroatoms. The molecule has 2 aromatic carbocycles. The summed E-state index contributed by atoms with van der Waals surface area (Å²) in [6, 6.07) is 12.6. The topological polar surface area (TPSA) is 51.0 Å². The third-order valence-corrected chi connectivity index (χ3v) is 5.86. The van der Waals surface area contributed by atoms with Crippen LogP contribution < -0.4 is 0 Å². The van der Waals surface area contributed by atoms with Gasteiger partial charge in [0, 0.05) is 23.3 Å². The molecule has 0 aliphatic carbocycles. The highest BCUT2D eigenvalue weighted by Crippen LogP contribution is 2.41. The van der Waals surface area contributed by atoms with Crippen molar-refractivity contribution in [3.05, 3.63) is 59.4 Å². The zero-order chi connectivity index (χ0) is 18.7. The van der Waals surface area contributed by atoms with Crippen LogP contribution in [-0.4, -0.2) is 30.7 Å². The second-order valence-corrected chi connectivity index (χ2v) is 7.49. The van der Waals surface area contributed by atoms with E-state index in [1.807, 2.05) is 37.3 Å². The molecule has 1 heterocycles. The molecule has 0 aromatic heterocycles. The standard InChI is InChI=1S/C20H22FNO3S/c1-13(22-23)15-4-6-18(7-5-15)26-19-11-16(10-17(21)12-19)20(24-3)8-9-25-14(20)2/h4-7,10-12,14,23H,8-9H2,1-3H3. The van der Waals surface area contributed by atoms with Crippen molar-refractivity contribution < 1.29 is 19.1 Å². The highest BCUT2D eigenvalue weighted by molar-refractivity contribution is 7.99. The smallest absolute Gasteiger partial charge is 0.124 e. The third kappa shape index (κ3) is 3.63. The number of rotatable bonds is 5. The predicted molar refractivity (Wildman–Crippen MR) is 99.7 cm³/mol. The van der Waals surface area contributed by atoms with E-state index in [1.165, 1.54) is 23.9 Å². The zero-order valence-corrected chi connectivity index (χ0v) is 15.8. The van der Waals surface area contributed by atoms with E-state index in [0.717, 1.165) is 20.9 Å². The number of methoxy groups -OCH3 is 1. The molecule has 0 radical (unpaired) electrons. The molecule has 4 nitrogen and oxygen atoms in total. The highest BCUT2D eigenvalue weighted by Gasteiger charge is 2.43. The number of hydrogen-bond acceptors (Lipinski definition) is 5. The molecule has 0 amide bonds. The molecule has 0 bridgehead atoms. The lowest BCUT2D eigenvalue weighted by atomic mass is 9.87. The summed E-state index contributed by atoms with van der Waals surface area (Å²) in [5, 5.41) is 12.0. The Morgan fingerprint density at radius 3 is 2.58 bits per heavy atom. The van der Waals surface area contributed by atoms with Gasteiger partial charge in [0.2, 0.25) is 0 Å². The van der Waals surface area contributed by atoms with Crippen LogP contribution >= 0.6 is 11.8 Å². The summed E-state index contributed by atoms with van der Waals surface area (Å²) in [5.41, 5.74) is 1.57. The van der Waals surface area contributed by atoms with Gasteiger partial charge in [-0.25, -0.2) is 4.39 Å². The lowest BCUT2D eigenvalue weighted by molar-refractivity contribution is -0.0650. The van der Waals surface area contributed by atoms with Crippen LogP contribution in [-0.2, 0) is 15.1 Å². The maximum Gasteiger partial charge on any atom is 0.124 e. The molecule has 2 atom stereocenters. The van der Waals surface area contributed by atoms with E-state index in [0.29, 0.717) is 18.7 Å². The van der Waals surface area contributed by atoms with Gasteiger partial charge >= 0.3 is 0 Å². The summed E-state index contributed by atoms with van der Waals surface area (Å²) < 4.78 is 25.7. The quantitative estimate of drug-likeness (QED) is 0.462. The molecular weight excluding hydrogens is 353 g/mol. The molecule has 1 N–H and O–H groups in total. The van der Waals surface area contributed by atoms with Gasteiger partial charge in [0.05, 0.1) is 18.4 Å². The van der Waals surface area contributed by atoms with Crippen molar-refractivity contribution in [3.8, 4) is 0 Å². The minimum absolute atomic E-state index is 0.132. The molecular formula is C20H22FNO3S. The summed E-state index contributed by atoms with van der Waals surface area (Å²) in [7, 11) is 1.65. The van der Waals surface area contributed by atoms with Crippen LogP contribution in [0.1, 0.15) is 31.4 Å². The Morgan fingerprint density at radius 1 is 1.27 bits per heavy atom.